The zero-order chi connectivity index (χ0) is 13.9. The molecular weight excluding hydrogens is 254 g/mol. The average Bonchev–Trinajstić information content (AvgIpc) is 2.90. The van der Waals surface area contributed by atoms with Gasteiger partial charge in [-0.1, -0.05) is 0 Å². The van der Waals surface area contributed by atoms with E-state index in [0.29, 0.717) is 6.54 Å². The Morgan fingerprint density at radius 2 is 2.25 bits per heavy atom. The maximum absolute atomic E-state index is 11.8. The number of aryl methyl sites for hydroxylation is 1. The third-order valence-corrected chi connectivity index (χ3v) is 3.59. The molecule has 1 atom stereocenters. The van der Waals surface area contributed by atoms with E-state index >= 15 is 0 Å². The maximum Gasteiger partial charge on any atom is 0.266 e. The number of anilines is 1. The van der Waals surface area contributed by atoms with Crippen molar-refractivity contribution in [3.8, 4) is 0 Å². The summed E-state index contributed by atoms with van der Waals surface area (Å²) in [5, 5.41) is 4.12. The van der Waals surface area contributed by atoms with E-state index in [2.05, 4.69) is 20.0 Å². The molecule has 1 unspecified atom stereocenters. The Hall–Kier alpha value is -2.24. The maximum atomic E-state index is 11.8. The van der Waals surface area contributed by atoms with Crippen LogP contribution in [-0.2, 0) is 6.54 Å². The fraction of sp³-hybridized carbons (Fsp3) is 0.429. The summed E-state index contributed by atoms with van der Waals surface area (Å²) in [7, 11) is 0. The average molecular weight is 271 g/mol. The zero-order valence-electron chi connectivity index (χ0n) is 11.4. The molecule has 1 saturated heterocycles. The normalized spacial score (nSPS) is 18.4. The summed E-state index contributed by atoms with van der Waals surface area (Å²) in [6.07, 6.45) is 5.54. The lowest BCUT2D eigenvalue weighted by Gasteiger charge is -2.24. The summed E-state index contributed by atoms with van der Waals surface area (Å²) in [6.45, 7) is 3.46. The van der Waals surface area contributed by atoms with Crippen LogP contribution < -0.4 is 10.5 Å². The van der Waals surface area contributed by atoms with Gasteiger partial charge in [0.15, 0.2) is 0 Å². The van der Waals surface area contributed by atoms with Crippen molar-refractivity contribution in [2.45, 2.75) is 32.4 Å². The number of aromatic nitrogens is 4. The van der Waals surface area contributed by atoms with Crippen molar-refractivity contribution < 1.29 is 0 Å². The molecule has 0 amide bonds. The first-order valence-electron chi connectivity index (χ1n) is 6.82. The molecule has 3 heterocycles. The van der Waals surface area contributed by atoms with Gasteiger partial charge in [-0.15, -0.1) is 0 Å². The third-order valence-electron chi connectivity index (χ3n) is 3.59. The van der Waals surface area contributed by atoms with Gasteiger partial charge in [-0.3, -0.25) is 4.79 Å². The molecule has 0 saturated carbocycles. The third kappa shape index (κ3) is 2.54. The molecule has 20 heavy (non-hydrogen) atoms. The van der Waals surface area contributed by atoms with Crippen LogP contribution in [0.1, 0.15) is 18.5 Å². The van der Waals surface area contributed by atoms with Crippen molar-refractivity contribution in [2.75, 3.05) is 11.4 Å². The van der Waals surface area contributed by atoms with Crippen LogP contribution in [0.5, 0.6) is 0 Å². The summed E-state index contributed by atoms with van der Waals surface area (Å²) < 4.78 is 1.51. The largest absolute Gasteiger partial charge is 0.336 e. The molecule has 0 bridgehead atoms. The van der Waals surface area contributed by atoms with E-state index in [1.165, 1.54) is 10.7 Å². The minimum atomic E-state index is -0.0653. The molecule has 0 N–H and O–H groups in total. The Balaban J connectivity index is 1.83. The Labute approximate surface area is 117 Å². The van der Waals surface area contributed by atoms with Gasteiger partial charge in [0.25, 0.3) is 5.56 Å². The van der Waals surface area contributed by atoms with E-state index in [-0.39, 0.29) is 11.6 Å². The fourth-order valence-corrected chi connectivity index (χ4v) is 2.59. The lowest BCUT2D eigenvalue weighted by atomic mass is 10.2. The van der Waals surface area contributed by atoms with Crippen LogP contribution >= 0.6 is 0 Å². The van der Waals surface area contributed by atoms with Crippen molar-refractivity contribution in [1.82, 2.24) is 19.7 Å². The van der Waals surface area contributed by atoms with E-state index in [0.717, 1.165) is 31.0 Å². The van der Waals surface area contributed by atoms with Crippen LogP contribution in [0.4, 0.5) is 5.95 Å². The number of nitrogens with zero attached hydrogens (tertiary/aromatic N) is 5. The Morgan fingerprint density at radius 3 is 3.05 bits per heavy atom. The molecule has 0 spiro atoms. The molecule has 1 fully saturated rings. The fourth-order valence-electron chi connectivity index (χ4n) is 2.59. The van der Waals surface area contributed by atoms with E-state index < -0.39 is 0 Å². The summed E-state index contributed by atoms with van der Waals surface area (Å²) in [5.74, 6) is 0.747. The minimum absolute atomic E-state index is 0.0653. The molecule has 1 aliphatic rings. The van der Waals surface area contributed by atoms with E-state index in [9.17, 15) is 4.79 Å². The summed E-state index contributed by atoms with van der Waals surface area (Å²) in [6, 6.07) is 5.31. The molecule has 0 aromatic carbocycles. The van der Waals surface area contributed by atoms with Crippen LogP contribution in [0.25, 0.3) is 0 Å². The number of hydrogen-bond acceptors (Lipinski definition) is 5. The molecule has 0 radical (unpaired) electrons. The molecule has 3 rings (SSSR count). The highest BCUT2D eigenvalue weighted by Gasteiger charge is 2.27. The topological polar surface area (TPSA) is 63.9 Å². The molecule has 6 heteroatoms. The summed E-state index contributed by atoms with van der Waals surface area (Å²) >= 11 is 0. The quantitative estimate of drug-likeness (QED) is 0.833. The van der Waals surface area contributed by atoms with Crippen LogP contribution in [0.15, 0.2) is 35.4 Å². The van der Waals surface area contributed by atoms with Crippen molar-refractivity contribution in [3.63, 3.8) is 0 Å². The molecule has 6 nitrogen and oxygen atoms in total. The molecule has 0 aliphatic carbocycles. The van der Waals surface area contributed by atoms with E-state index in [4.69, 9.17) is 0 Å². The Morgan fingerprint density at radius 1 is 1.35 bits per heavy atom. The first kappa shape index (κ1) is 12.8. The van der Waals surface area contributed by atoms with Crippen LogP contribution in [0.2, 0.25) is 0 Å². The van der Waals surface area contributed by atoms with Gasteiger partial charge in [0.1, 0.15) is 0 Å². The molecule has 2 aromatic rings. The van der Waals surface area contributed by atoms with Crippen LogP contribution in [-0.4, -0.2) is 32.3 Å². The van der Waals surface area contributed by atoms with Gasteiger partial charge in [0.2, 0.25) is 5.95 Å². The Bertz CT molecular complexity index is 654. The van der Waals surface area contributed by atoms with Gasteiger partial charge in [0, 0.05) is 30.7 Å². The van der Waals surface area contributed by atoms with Crippen LogP contribution in [0.3, 0.4) is 0 Å². The molecule has 2 aromatic heterocycles. The van der Waals surface area contributed by atoms with Gasteiger partial charge >= 0.3 is 0 Å². The van der Waals surface area contributed by atoms with Gasteiger partial charge in [0.05, 0.1) is 12.6 Å². The second-order valence-electron chi connectivity index (χ2n) is 5.03. The van der Waals surface area contributed by atoms with Crippen molar-refractivity contribution in [1.29, 1.82) is 0 Å². The van der Waals surface area contributed by atoms with Crippen molar-refractivity contribution in [3.05, 3.63) is 46.6 Å². The van der Waals surface area contributed by atoms with Gasteiger partial charge in [-0.25, -0.2) is 14.6 Å². The highest BCUT2D eigenvalue weighted by molar-refractivity contribution is 5.33. The summed E-state index contributed by atoms with van der Waals surface area (Å²) in [5.41, 5.74) is 0.889. The van der Waals surface area contributed by atoms with Crippen LogP contribution in [0, 0.1) is 6.92 Å². The molecule has 104 valence electrons. The molecule has 1 aliphatic heterocycles. The van der Waals surface area contributed by atoms with Gasteiger partial charge in [-0.05, 0) is 31.9 Å². The van der Waals surface area contributed by atoms with E-state index in [1.807, 2.05) is 13.0 Å². The smallest absolute Gasteiger partial charge is 0.266 e. The molecular formula is C14H17N5O. The minimum Gasteiger partial charge on any atom is -0.336 e. The monoisotopic (exact) mass is 271 g/mol. The lowest BCUT2D eigenvalue weighted by Crippen LogP contribution is -2.37. The lowest BCUT2D eigenvalue weighted by molar-refractivity contribution is 0.485. The first-order chi connectivity index (χ1) is 9.74. The second kappa shape index (κ2) is 5.40. The van der Waals surface area contributed by atoms with Gasteiger partial charge in [-0.2, -0.15) is 5.10 Å². The van der Waals surface area contributed by atoms with Gasteiger partial charge < -0.3 is 4.90 Å². The predicted molar refractivity (Wildman–Crippen MR) is 75.6 cm³/mol. The SMILES string of the molecule is Cc1ccnc(N2CCCC2Cn2ncccc2=O)n1. The number of hydrogen-bond donors (Lipinski definition) is 0. The standard InChI is InChI=1S/C14H17N5O/c1-11-6-8-15-14(17-11)18-9-3-4-12(18)10-19-13(20)5-2-7-16-19/h2,5-8,12H,3-4,9-10H2,1H3. The second-order valence-corrected chi connectivity index (χ2v) is 5.03. The Kier molecular flexibility index (Phi) is 3.45. The highest BCUT2D eigenvalue weighted by Crippen LogP contribution is 2.22. The van der Waals surface area contributed by atoms with Crippen molar-refractivity contribution >= 4 is 5.95 Å². The first-order valence-corrected chi connectivity index (χ1v) is 6.82. The summed E-state index contributed by atoms with van der Waals surface area (Å²) in [4.78, 5) is 22.7. The van der Waals surface area contributed by atoms with Crippen molar-refractivity contribution in [2.24, 2.45) is 0 Å². The zero-order valence-corrected chi connectivity index (χ0v) is 11.4. The van der Waals surface area contributed by atoms with E-state index in [1.54, 1.807) is 18.5 Å². The highest BCUT2D eigenvalue weighted by atomic mass is 16.1. The number of rotatable bonds is 3. The predicted octanol–water partition coefficient (Wildman–Crippen LogP) is 1.01.